The molecular weight excluding hydrogens is 380 g/mol. The van der Waals surface area contributed by atoms with E-state index >= 15 is 0 Å². The van der Waals surface area contributed by atoms with Crippen molar-refractivity contribution < 1.29 is 19.0 Å². The van der Waals surface area contributed by atoms with Crippen LogP contribution in [0.4, 0.5) is 5.69 Å². The van der Waals surface area contributed by atoms with Gasteiger partial charge in [-0.2, -0.15) is 5.26 Å². The van der Waals surface area contributed by atoms with Crippen molar-refractivity contribution in [2.75, 3.05) is 19.5 Å². The van der Waals surface area contributed by atoms with Gasteiger partial charge in [-0.3, -0.25) is 4.79 Å². The van der Waals surface area contributed by atoms with Gasteiger partial charge in [0.15, 0.2) is 11.5 Å². The Bertz CT molecular complexity index is 1070. The van der Waals surface area contributed by atoms with Crippen molar-refractivity contribution in [2.24, 2.45) is 0 Å². The van der Waals surface area contributed by atoms with E-state index in [0.29, 0.717) is 34.1 Å². The second-order valence-corrected chi connectivity index (χ2v) is 6.58. The largest absolute Gasteiger partial charge is 0.495 e. The summed E-state index contributed by atoms with van der Waals surface area (Å²) >= 11 is 0. The molecule has 0 saturated heterocycles. The Hall–Kier alpha value is -3.98. The predicted molar refractivity (Wildman–Crippen MR) is 114 cm³/mol. The van der Waals surface area contributed by atoms with E-state index in [-0.39, 0.29) is 5.91 Å². The normalized spacial score (nSPS) is 11.1. The first-order valence-electron chi connectivity index (χ1n) is 9.31. The number of rotatable bonds is 7. The maximum absolute atomic E-state index is 13.2. The lowest BCUT2D eigenvalue weighted by molar-refractivity contribution is -0.123. The number of aryl methyl sites for hydroxylation is 1. The molecule has 0 radical (unpaired) electrons. The molecule has 1 N–H and O–H groups in total. The predicted octanol–water partition coefficient (Wildman–Crippen LogP) is 4.64. The molecule has 0 aliphatic heterocycles. The maximum atomic E-state index is 13.2. The Kier molecular flexibility index (Phi) is 6.56. The fourth-order valence-electron chi connectivity index (χ4n) is 2.98. The number of anilines is 1. The molecule has 6 heteroatoms. The van der Waals surface area contributed by atoms with Crippen molar-refractivity contribution in [2.45, 2.75) is 13.0 Å². The quantitative estimate of drug-likeness (QED) is 0.623. The van der Waals surface area contributed by atoms with Crippen molar-refractivity contribution in [1.29, 1.82) is 5.26 Å². The molecule has 152 valence electrons. The third-order valence-corrected chi connectivity index (χ3v) is 4.49. The summed E-state index contributed by atoms with van der Waals surface area (Å²) in [6.45, 7) is 1.93. The van der Waals surface area contributed by atoms with Crippen LogP contribution in [0.15, 0.2) is 66.7 Å². The summed E-state index contributed by atoms with van der Waals surface area (Å²) in [7, 11) is 3.03. The van der Waals surface area contributed by atoms with Crippen molar-refractivity contribution >= 4 is 11.6 Å². The van der Waals surface area contributed by atoms with Crippen LogP contribution in [0.25, 0.3) is 0 Å². The highest BCUT2D eigenvalue weighted by atomic mass is 16.5. The Morgan fingerprint density at radius 2 is 1.63 bits per heavy atom. The van der Waals surface area contributed by atoms with Crippen LogP contribution in [0.5, 0.6) is 17.2 Å². The standard InChI is InChI=1S/C24H22N2O4/c1-16-9-11-20(28-2)19(13-16)26-24(27)23(18-7-5-4-6-8-18)30-21-12-10-17(15-25)14-22(21)29-3/h4-14,23H,1-3H3,(H,26,27)/t23-/m0/s1. The number of ether oxygens (including phenoxy) is 3. The molecule has 0 heterocycles. The average Bonchev–Trinajstić information content (AvgIpc) is 2.78. The zero-order valence-corrected chi connectivity index (χ0v) is 17.0. The van der Waals surface area contributed by atoms with Gasteiger partial charge in [0.2, 0.25) is 6.10 Å². The highest BCUT2D eigenvalue weighted by molar-refractivity contribution is 5.96. The Labute approximate surface area is 175 Å². The smallest absolute Gasteiger partial charge is 0.270 e. The summed E-state index contributed by atoms with van der Waals surface area (Å²) in [5, 5.41) is 12.0. The van der Waals surface area contributed by atoms with E-state index in [1.807, 2.05) is 49.4 Å². The first kappa shape index (κ1) is 20.7. The number of nitriles is 1. The molecule has 0 saturated carbocycles. The Morgan fingerprint density at radius 3 is 2.30 bits per heavy atom. The summed E-state index contributed by atoms with van der Waals surface area (Å²) in [4.78, 5) is 13.2. The van der Waals surface area contributed by atoms with Gasteiger partial charge in [0.25, 0.3) is 5.91 Å². The van der Waals surface area contributed by atoms with Crippen LogP contribution in [0.3, 0.4) is 0 Å². The molecule has 0 bridgehead atoms. The number of nitrogens with one attached hydrogen (secondary N) is 1. The monoisotopic (exact) mass is 402 g/mol. The van der Waals surface area contributed by atoms with Gasteiger partial charge in [0.05, 0.1) is 31.5 Å². The number of nitrogens with zero attached hydrogens (tertiary/aromatic N) is 1. The fourth-order valence-corrected chi connectivity index (χ4v) is 2.98. The first-order valence-corrected chi connectivity index (χ1v) is 9.31. The van der Waals surface area contributed by atoms with E-state index in [0.717, 1.165) is 5.56 Å². The lowest BCUT2D eigenvalue weighted by Gasteiger charge is -2.21. The third-order valence-electron chi connectivity index (χ3n) is 4.49. The number of hydrogen-bond donors (Lipinski definition) is 1. The van der Waals surface area contributed by atoms with Crippen LogP contribution in [0.2, 0.25) is 0 Å². The van der Waals surface area contributed by atoms with Gasteiger partial charge in [-0.1, -0.05) is 36.4 Å². The summed E-state index contributed by atoms with van der Waals surface area (Å²) in [5.41, 5.74) is 2.65. The summed E-state index contributed by atoms with van der Waals surface area (Å²) < 4.78 is 16.8. The fraction of sp³-hybridized carbons (Fsp3) is 0.167. The van der Waals surface area contributed by atoms with Gasteiger partial charge in [-0.05, 0) is 36.8 Å². The van der Waals surface area contributed by atoms with Gasteiger partial charge in [-0.15, -0.1) is 0 Å². The lowest BCUT2D eigenvalue weighted by atomic mass is 10.1. The summed E-state index contributed by atoms with van der Waals surface area (Å²) in [5.74, 6) is 0.917. The highest BCUT2D eigenvalue weighted by Gasteiger charge is 2.25. The molecule has 6 nitrogen and oxygen atoms in total. The minimum Gasteiger partial charge on any atom is -0.495 e. The van der Waals surface area contributed by atoms with Crippen molar-refractivity contribution in [1.82, 2.24) is 0 Å². The lowest BCUT2D eigenvalue weighted by Crippen LogP contribution is -2.26. The number of carbonyl (C=O) groups is 1. The van der Waals surface area contributed by atoms with E-state index in [9.17, 15) is 4.79 Å². The second kappa shape index (κ2) is 9.48. The SMILES string of the molecule is COc1ccc(C)cc1NC(=O)[C@@H](Oc1ccc(C#N)cc1OC)c1ccccc1. The second-order valence-electron chi connectivity index (χ2n) is 6.58. The minimum absolute atomic E-state index is 0.358. The number of methoxy groups -OCH3 is 2. The van der Waals surface area contributed by atoms with Crippen LogP contribution in [0, 0.1) is 18.3 Å². The molecule has 1 atom stereocenters. The van der Waals surface area contributed by atoms with Crippen molar-refractivity contribution in [3.8, 4) is 23.3 Å². The number of amides is 1. The van der Waals surface area contributed by atoms with Gasteiger partial charge < -0.3 is 19.5 Å². The van der Waals surface area contributed by atoms with E-state index in [1.165, 1.54) is 7.11 Å². The van der Waals surface area contributed by atoms with E-state index in [2.05, 4.69) is 11.4 Å². The summed E-state index contributed by atoms with van der Waals surface area (Å²) in [6.07, 6.45) is -0.946. The van der Waals surface area contributed by atoms with Gasteiger partial charge >= 0.3 is 0 Å². The molecule has 0 unspecified atom stereocenters. The van der Waals surface area contributed by atoms with Gasteiger partial charge in [0, 0.05) is 11.6 Å². The van der Waals surface area contributed by atoms with Crippen LogP contribution < -0.4 is 19.5 Å². The minimum atomic E-state index is -0.946. The zero-order chi connectivity index (χ0) is 21.5. The molecule has 0 aliphatic rings. The Morgan fingerprint density at radius 1 is 0.933 bits per heavy atom. The number of carbonyl (C=O) groups excluding carboxylic acids is 1. The van der Waals surface area contributed by atoms with Crippen LogP contribution >= 0.6 is 0 Å². The zero-order valence-electron chi connectivity index (χ0n) is 17.0. The molecule has 0 aromatic heterocycles. The molecule has 0 spiro atoms. The molecule has 3 rings (SSSR count). The van der Waals surface area contributed by atoms with E-state index in [4.69, 9.17) is 19.5 Å². The topological polar surface area (TPSA) is 80.6 Å². The van der Waals surface area contributed by atoms with Crippen LogP contribution in [-0.4, -0.2) is 20.1 Å². The highest BCUT2D eigenvalue weighted by Crippen LogP contribution is 2.33. The molecule has 0 aliphatic carbocycles. The van der Waals surface area contributed by atoms with Crippen molar-refractivity contribution in [3.05, 3.63) is 83.4 Å². The summed E-state index contributed by atoms with van der Waals surface area (Å²) in [6, 6.07) is 21.6. The molecular formula is C24H22N2O4. The molecule has 3 aromatic rings. The van der Waals surface area contributed by atoms with Crippen LogP contribution in [0.1, 0.15) is 22.8 Å². The molecule has 30 heavy (non-hydrogen) atoms. The first-order chi connectivity index (χ1) is 14.5. The average molecular weight is 402 g/mol. The molecule has 3 aromatic carbocycles. The molecule has 0 fully saturated rings. The van der Waals surface area contributed by atoms with E-state index < -0.39 is 6.10 Å². The third kappa shape index (κ3) is 4.70. The van der Waals surface area contributed by atoms with E-state index in [1.54, 1.807) is 31.4 Å². The number of benzene rings is 3. The van der Waals surface area contributed by atoms with Crippen molar-refractivity contribution in [3.63, 3.8) is 0 Å². The van der Waals surface area contributed by atoms with Gasteiger partial charge in [-0.25, -0.2) is 0 Å². The Balaban J connectivity index is 1.96. The maximum Gasteiger partial charge on any atom is 0.270 e. The van der Waals surface area contributed by atoms with Crippen LogP contribution in [-0.2, 0) is 4.79 Å². The number of hydrogen-bond acceptors (Lipinski definition) is 5. The van der Waals surface area contributed by atoms with Gasteiger partial charge in [0.1, 0.15) is 5.75 Å². The molecule has 1 amide bonds.